The maximum absolute atomic E-state index is 13.0. The van der Waals surface area contributed by atoms with Gasteiger partial charge in [-0.3, -0.25) is 9.52 Å². The molecule has 8 heteroatoms. The van der Waals surface area contributed by atoms with E-state index in [1.165, 1.54) is 41.3 Å². The Labute approximate surface area is 174 Å². The number of carbonyl (C=O) groups is 1. The van der Waals surface area contributed by atoms with Crippen LogP contribution in [0.3, 0.4) is 0 Å². The molecule has 1 N–H and O–H groups in total. The van der Waals surface area contributed by atoms with Crippen LogP contribution in [-0.4, -0.2) is 26.3 Å². The topological polar surface area (TPSA) is 90.3 Å². The number of rotatable bonds is 6. The highest BCUT2D eigenvalue weighted by Gasteiger charge is 2.16. The first-order valence-corrected chi connectivity index (χ1v) is 10.4. The Balaban J connectivity index is 1.69. The predicted octanol–water partition coefficient (Wildman–Crippen LogP) is 3.77. The molecule has 0 spiro atoms. The molecule has 30 heavy (non-hydrogen) atoms. The summed E-state index contributed by atoms with van der Waals surface area (Å²) < 4.78 is 40.1. The predicted molar refractivity (Wildman–Crippen MR) is 111 cm³/mol. The second-order valence-corrected chi connectivity index (χ2v) is 8.29. The number of amides is 1. The van der Waals surface area contributed by atoms with E-state index in [9.17, 15) is 17.6 Å². The van der Waals surface area contributed by atoms with Crippen LogP contribution in [0.5, 0.6) is 0 Å². The molecule has 0 atom stereocenters. The van der Waals surface area contributed by atoms with Gasteiger partial charge in [-0.2, -0.15) is 5.26 Å². The molecule has 0 saturated carbocycles. The summed E-state index contributed by atoms with van der Waals surface area (Å²) >= 11 is 0. The average molecular weight is 423 g/mol. The molecule has 3 rings (SSSR count). The first-order chi connectivity index (χ1) is 14.3. The molecule has 3 aromatic carbocycles. The van der Waals surface area contributed by atoms with E-state index in [2.05, 4.69) is 10.8 Å². The van der Waals surface area contributed by atoms with Crippen molar-refractivity contribution in [3.05, 3.63) is 95.3 Å². The first-order valence-electron chi connectivity index (χ1n) is 8.91. The van der Waals surface area contributed by atoms with Crippen LogP contribution in [0, 0.1) is 17.1 Å². The number of anilines is 1. The third-order valence-electron chi connectivity index (χ3n) is 4.33. The summed E-state index contributed by atoms with van der Waals surface area (Å²) in [5.41, 5.74) is 2.01. The third-order valence-corrected chi connectivity index (χ3v) is 5.73. The lowest BCUT2D eigenvalue weighted by atomic mass is 10.1. The standard InChI is InChI=1S/C22H18FN3O3S/c1-26(15-17-4-2-3-16(13-17)14-24)22(27)18-5-9-20(10-6-18)25-30(28,29)21-11-7-19(23)8-12-21/h2-13,25H,15H2,1H3. The van der Waals surface area contributed by atoms with Gasteiger partial charge in [0.15, 0.2) is 0 Å². The molecule has 0 unspecified atom stereocenters. The number of hydrogen-bond acceptors (Lipinski definition) is 4. The molecular formula is C22H18FN3O3S. The van der Waals surface area contributed by atoms with Crippen LogP contribution in [0.2, 0.25) is 0 Å². The van der Waals surface area contributed by atoms with Crippen LogP contribution >= 0.6 is 0 Å². The molecule has 0 aliphatic heterocycles. The highest BCUT2D eigenvalue weighted by molar-refractivity contribution is 7.92. The highest BCUT2D eigenvalue weighted by atomic mass is 32.2. The Morgan fingerprint density at radius 2 is 1.73 bits per heavy atom. The van der Waals surface area contributed by atoms with Crippen molar-refractivity contribution in [3.8, 4) is 6.07 Å². The average Bonchev–Trinajstić information content (AvgIpc) is 2.74. The number of halogens is 1. The molecule has 6 nitrogen and oxygen atoms in total. The zero-order chi connectivity index (χ0) is 21.7. The Hall–Kier alpha value is -3.70. The lowest BCUT2D eigenvalue weighted by molar-refractivity contribution is 0.0785. The zero-order valence-electron chi connectivity index (χ0n) is 16.0. The van der Waals surface area contributed by atoms with E-state index in [1.807, 2.05) is 6.07 Å². The number of nitrogens with zero attached hydrogens (tertiary/aromatic N) is 2. The number of nitrogens with one attached hydrogen (secondary N) is 1. The third kappa shape index (κ3) is 5.01. The van der Waals surface area contributed by atoms with E-state index in [0.717, 1.165) is 17.7 Å². The molecule has 1 amide bonds. The quantitative estimate of drug-likeness (QED) is 0.653. The Bertz CT molecular complexity index is 1200. The molecule has 0 aliphatic carbocycles. The van der Waals surface area contributed by atoms with Crippen LogP contribution in [0.15, 0.2) is 77.7 Å². The van der Waals surface area contributed by atoms with E-state index < -0.39 is 15.8 Å². The van der Waals surface area contributed by atoms with Crippen molar-refractivity contribution >= 4 is 21.6 Å². The molecule has 3 aromatic rings. The largest absolute Gasteiger partial charge is 0.337 e. The summed E-state index contributed by atoms with van der Waals surface area (Å²) in [5, 5.41) is 8.98. The Morgan fingerprint density at radius 1 is 1.07 bits per heavy atom. The van der Waals surface area contributed by atoms with Gasteiger partial charge in [0.25, 0.3) is 15.9 Å². The number of hydrogen-bond donors (Lipinski definition) is 1. The maximum Gasteiger partial charge on any atom is 0.261 e. The van der Waals surface area contributed by atoms with E-state index >= 15 is 0 Å². The van der Waals surface area contributed by atoms with Crippen molar-refractivity contribution in [1.29, 1.82) is 5.26 Å². The van der Waals surface area contributed by atoms with E-state index in [4.69, 9.17) is 5.26 Å². The minimum absolute atomic E-state index is 0.0663. The van der Waals surface area contributed by atoms with Gasteiger partial charge in [-0.25, -0.2) is 12.8 Å². The van der Waals surface area contributed by atoms with Crippen LogP contribution in [0.25, 0.3) is 0 Å². The van der Waals surface area contributed by atoms with Crippen molar-refractivity contribution in [2.24, 2.45) is 0 Å². The van der Waals surface area contributed by atoms with E-state index in [-0.39, 0.29) is 16.5 Å². The summed E-state index contributed by atoms with van der Waals surface area (Å²) in [4.78, 5) is 14.1. The van der Waals surface area contributed by atoms with Crippen molar-refractivity contribution in [3.63, 3.8) is 0 Å². The monoisotopic (exact) mass is 423 g/mol. The summed E-state index contributed by atoms with van der Waals surface area (Å²) in [5.74, 6) is -0.773. The SMILES string of the molecule is CN(Cc1cccc(C#N)c1)C(=O)c1ccc(NS(=O)(=O)c2ccc(F)cc2)cc1. The van der Waals surface area contributed by atoms with Crippen molar-refractivity contribution in [2.45, 2.75) is 11.4 Å². The maximum atomic E-state index is 13.0. The fourth-order valence-electron chi connectivity index (χ4n) is 2.81. The zero-order valence-corrected chi connectivity index (χ0v) is 16.9. The van der Waals surface area contributed by atoms with Gasteiger partial charge in [0.05, 0.1) is 16.5 Å². The molecule has 0 radical (unpaired) electrons. The van der Waals surface area contributed by atoms with E-state index in [1.54, 1.807) is 25.2 Å². The summed E-state index contributed by atoms with van der Waals surface area (Å²) in [7, 11) is -2.22. The summed E-state index contributed by atoms with van der Waals surface area (Å²) in [6.07, 6.45) is 0. The smallest absolute Gasteiger partial charge is 0.261 e. The molecule has 152 valence electrons. The van der Waals surface area contributed by atoms with Crippen molar-refractivity contribution in [1.82, 2.24) is 4.90 Å². The molecule has 0 heterocycles. The Kier molecular flexibility index (Phi) is 6.14. The molecule has 0 bridgehead atoms. The van der Waals surface area contributed by atoms with Gasteiger partial charge in [0.2, 0.25) is 0 Å². The lowest BCUT2D eigenvalue weighted by Crippen LogP contribution is -2.26. The first kappa shape index (κ1) is 21.0. The molecule has 0 fully saturated rings. The number of sulfonamides is 1. The summed E-state index contributed by atoms with van der Waals surface area (Å²) in [6, 6.07) is 19.6. The fourth-order valence-corrected chi connectivity index (χ4v) is 3.87. The van der Waals surface area contributed by atoms with Crippen molar-refractivity contribution in [2.75, 3.05) is 11.8 Å². The van der Waals surface area contributed by atoms with Gasteiger partial charge >= 0.3 is 0 Å². The van der Waals surface area contributed by atoms with Gasteiger partial charge in [-0.15, -0.1) is 0 Å². The van der Waals surface area contributed by atoms with Gasteiger partial charge in [0, 0.05) is 24.8 Å². The fraction of sp³-hybridized carbons (Fsp3) is 0.0909. The molecule has 0 aliphatic rings. The van der Waals surface area contributed by atoms with Crippen LogP contribution in [-0.2, 0) is 16.6 Å². The van der Waals surface area contributed by atoms with Crippen LogP contribution < -0.4 is 4.72 Å². The van der Waals surface area contributed by atoms with Crippen molar-refractivity contribution < 1.29 is 17.6 Å². The minimum Gasteiger partial charge on any atom is -0.337 e. The van der Waals surface area contributed by atoms with Crippen LogP contribution in [0.1, 0.15) is 21.5 Å². The minimum atomic E-state index is -3.87. The summed E-state index contributed by atoms with van der Waals surface area (Å²) in [6.45, 7) is 0.327. The van der Waals surface area contributed by atoms with Gasteiger partial charge < -0.3 is 4.90 Å². The normalized spacial score (nSPS) is 10.8. The number of nitriles is 1. The van der Waals surface area contributed by atoms with Gasteiger partial charge in [-0.05, 0) is 66.2 Å². The van der Waals surface area contributed by atoms with Crippen LogP contribution in [0.4, 0.5) is 10.1 Å². The molecule has 0 aromatic heterocycles. The number of benzene rings is 3. The lowest BCUT2D eigenvalue weighted by Gasteiger charge is -2.18. The van der Waals surface area contributed by atoms with E-state index in [0.29, 0.717) is 17.7 Å². The number of carbonyl (C=O) groups excluding carboxylic acids is 1. The molecular weight excluding hydrogens is 405 g/mol. The van der Waals surface area contributed by atoms with Gasteiger partial charge in [-0.1, -0.05) is 12.1 Å². The highest BCUT2D eigenvalue weighted by Crippen LogP contribution is 2.18. The second-order valence-electron chi connectivity index (χ2n) is 6.61. The molecule has 0 saturated heterocycles. The second kappa shape index (κ2) is 8.76. The van der Waals surface area contributed by atoms with Gasteiger partial charge in [0.1, 0.15) is 5.82 Å². The Morgan fingerprint density at radius 3 is 2.37 bits per heavy atom.